The number of hydrogen-bond acceptors (Lipinski definition) is 6. The van der Waals surface area contributed by atoms with Crippen LogP contribution in [0.4, 0.5) is 0 Å². The average molecular weight is 348 g/mol. The average Bonchev–Trinajstić information content (AvgIpc) is 3.11. The number of aliphatic hydroxyl groups excluding tert-OH is 1. The van der Waals surface area contributed by atoms with Crippen molar-refractivity contribution >= 4 is 18.2 Å². The molecule has 1 aromatic heterocycles. The number of likely N-dealkylation sites (tertiary alicyclic amines) is 1. The molecule has 1 aromatic carbocycles. The lowest BCUT2D eigenvalue weighted by Gasteiger charge is -2.21. The van der Waals surface area contributed by atoms with E-state index < -0.39 is 12.1 Å². The third-order valence-electron chi connectivity index (χ3n) is 4.18. The summed E-state index contributed by atoms with van der Waals surface area (Å²) in [6, 6.07) is 7.50. The number of ether oxygens (including phenoxy) is 1. The van der Waals surface area contributed by atoms with Gasteiger partial charge in [-0.2, -0.15) is 4.98 Å². The van der Waals surface area contributed by atoms with Crippen LogP contribution in [0.5, 0.6) is 0 Å². The van der Waals surface area contributed by atoms with Crippen molar-refractivity contribution in [3.63, 3.8) is 0 Å². The SMILES string of the molecule is COC(=O)[C@@H]1C[C@H](O)CN1Cn1[nH]c(-c2ccc(C)cc2)nc1=S. The normalized spacial score (nSPS) is 21.1. The van der Waals surface area contributed by atoms with Gasteiger partial charge in [-0.15, -0.1) is 0 Å². The van der Waals surface area contributed by atoms with E-state index in [4.69, 9.17) is 17.0 Å². The number of methoxy groups -OCH3 is 1. The number of aromatic amines is 1. The van der Waals surface area contributed by atoms with Crippen molar-refractivity contribution < 1.29 is 14.6 Å². The molecule has 0 saturated carbocycles. The number of hydrogen-bond donors (Lipinski definition) is 2. The van der Waals surface area contributed by atoms with Crippen LogP contribution in [0.25, 0.3) is 11.4 Å². The number of aromatic nitrogens is 3. The van der Waals surface area contributed by atoms with Gasteiger partial charge in [0.1, 0.15) is 6.04 Å². The van der Waals surface area contributed by atoms with Crippen LogP contribution >= 0.6 is 12.2 Å². The number of nitrogens with one attached hydrogen (secondary N) is 1. The number of aliphatic hydroxyl groups is 1. The molecule has 2 aromatic rings. The molecule has 0 spiro atoms. The van der Waals surface area contributed by atoms with Crippen LogP contribution in [0, 0.1) is 11.7 Å². The highest BCUT2D eigenvalue weighted by molar-refractivity contribution is 7.71. The maximum atomic E-state index is 11.9. The predicted molar refractivity (Wildman–Crippen MR) is 90.7 cm³/mol. The van der Waals surface area contributed by atoms with E-state index in [-0.39, 0.29) is 5.97 Å². The number of carbonyl (C=O) groups is 1. The van der Waals surface area contributed by atoms with E-state index >= 15 is 0 Å². The molecule has 2 atom stereocenters. The number of H-pyrrole nitrogens is 1. The third-order valence-corrected chi connectivity index (χ3v) is 4.49. The molecule has 24 heavy (non-hydrogen) atoms. The van der Waals surface area contributed by atoms with Crippen molar-refractivity contribution in [1.82, 2.24) is 19.7 Å². The standard InChI is InChI=1S/C16H20N4O3S/c1-10-3-5-11(6-4-10)14-17-16(24)20(18-14)9-19-8-12(21)7-13(19)15(22)23-2/h3-6,12-13,21H,7-9H2,1-2H3,(H,17,18,24)/t12-,13-/m0/s1. The lowest BCUT2D eigenvalue weighted by molar-refractivity contribution is -0.146. The number of benzene rings is 1. The molecule has 0 amide bonds. The second-order valence-corrected chi connectivity index (χ2v) is 6.36. The Labute approximate surface area is 144 Å². The molecule has 1 saturated heterocycles. The molecule has 2 N–H and O–H groups in total. The predicted octanol–water partition coefficient (Wildman–Crippen LogP) is 1.48. The van der Waals surface area contributed by atoms with E-state index in [9.17, 15) is 9.90 Å². The molecule has 0 bridgehead atoms. The minimum absolute atomic E-state index is 0.342. The number of nitrogens with zero attached hydrogens (tertiary/aromatic N) is 3. The van der Waals surface area contributed by atoms with E-state index in [1.54, 1.807) is 4.68 Å². The van der Waals surface area contributed by atoms with Gasteiger partial charge in [0.05, 0.1) is 19.9 Å². The van der Waals surface area contributed by atoms with Gasteiger partial charge in [0.25, 0.3) is 0 Å². The Morgan fingerprint density at radius 2 is 2.17 bits per heavy atom. The minimum Gasteiger partial charge on any atom is -0.468 e. The topological polar surface area (TPSA) is 83.4 Å². The number of aryl methyl sites for hydroxylation is 1. The second kappa shape index (κ2) is 6.84. The van der Waals surface area contributed by atoms with Crippen molar-refractivity contribution in [3.05, 3.63) is 34.6 Å². The third kappa shape index (κ3) is 3.40. The Hall–Kier alpha value is -2.03. The van der Waals surface area contributed by atoms with Gasteiger partial charge >= 0.3 is 5.97 Å². The zero-order valence-corrected chi connectivity index (χ0v) is 14.4. The van der Waals surface area contributed by atoms with Crippen LogP contribution in [0.1, 0.15) is 12.0 Å². The van der Waals surface area contributed by atoms with Crippen LogP contribution in [-0.2, 0) is 16.2 Å². The van der Waals surface area contributed by atoms with Crippen LogP contribution in [0.15, 0.2) is 24.3 Å². The number of esters is 1. The Morgan fingerprint density at radius 3 is 2.83 bits per heavy atom. The molecule has 0 aliphatic carbocycles. The molecular weight excluding hydrogens is 328 g/mol. The van der Waals surface area contributed by atoms with Crippen molar-refractivity contribution in [1.29, 1.82) is 0 Å². The molecule has 1 fully saturated rings. The lowest BCUT2D eigenvalue weighted by Crippen LogP contribution is -2.38. The van der Waals surface area contributed by atoms with Gasteiger partial charge in [-0.25, -0.2) is 4.68 Å². The van der Waals surface area contributed by atoms with Crippen LogP contribution in [0.3, 0.4) is 0 Å². The quantitative estimate of drug-likeness (QED) is 0.643. The highest BCUT2D eigenvalue weighted by Gasteiger charge is 2.37. The fourth-order valence-corrected chi connectivity index (χ4v) is 3.09. The molecule has 128 valence electrons. The molecule has 1 aliphatic heterocycles. The van der Waals surface area contributed by atoms with Crippen LogP contribution < -0.4 is 0 Å². The first-order valence-corrected chi connectivity index (χ1v) is 8.12. The second-order valence-electron chi connectivity index (χ2n) is 5.99. The summed E-state index contributed by atoms with van der Waals surface area (Å²) in [7, 11) is 1.35. The summed E-state index contributed by atoms with van der Waals surface area (Å²) in [6.45, 7) is 2.76. The van der Waals surface area contributed by atoms with Gasteiger partial charge in [0, 0.05) is 18.5 Å². The fourth-order valence-electron chi connectivity index (χ4n) is 2.89. The van der Waals surface area contributed by atoms with Gasteiger partial charge in [0.15, 0.2) is 5.82 Å². The molecule has 0 radical (unpaired) electrons. The Bertz CT molecular complexity index is 783. The monoisotopic (exact) mass is 348 g/mol. The molecule has 0 unspecified atom stereocenters. The Kier molecular flexibility index (Phi) is 4.79. The number of carbonyl (C=O) groups excluding carboxylic acids is 1. The summed E-state index contributed by atoms with van der Waals surface area (Å²) in [5.41, 5.74) is 2.11. The van der Waals surface area contributed by atoms with Gasteiger partial charge in [-0.3, -0.25) is 14.8 Å². The van der Waals surface area contributed by atoms with Crippen LogP contribution in [0.2, 0.25) is 0 Å². The number of rotatable bonds is 4. The van der Waals surface area contributed by atoms with E-state index in [1.807, 2.05) is 36.1 Å². The summed E-state index contributed by atoms with van der Waals surface area (Å²) in [5.74, 6) is 0.325. The lowest BCUT2D eigenvalue weighted by atomic mass is 10.1. The molecular formula is C16H20N4O3S. The van der Waals surface area contributed by atoms with Gasteiger partial charge in [-0.05, 0) is 19.1 Å². The Balaban J connectivity index is 1.81. The highest BCUT2D eigenvalue weighted by atomic mass is 32.1. The molecule has 1 aliphatic rings. The van der Waals surface area contributed by atoms with E-state index in [2.05, 4.69) is 10.1 Å². The summed E-state index contributed by atoms with van der Waals surface area (Å²) in [4.78, 5) is 18.1. The highest BCUT2D eigenvalue weighted by Crippen LogP contribution is 2.21. The summed E-state index contributed by atoms with van der Waals surface area (Å²) in [5, 5.41) is 13.0. The van der Waals surface area contributed by atoms with Crippen molar-refractivity contribution in [2.24, 2.45) is 0 Å². The maximum absolute atomic E-state index is 11.9. The molecule has 2 heterocycles. The van der Waals surface area contributed by atoms with E-state index in [0.29, 0.717) is 30.2 Å². The first kappa shape index (κ1) is 16.8. The maximum Gasteiger partial charge on any atom is 0.323 e. The summed E-state index contributed by atoms with van der Waals surface area (Å²) < 4.78 is 6.91. The summed E-state index contributed by atoms with van der Waals surface area (Å²) in [6.07, 6.45) is -0.193. The molecule has 3 rings (SSSR count). The van der Waals surface area contributed by atoms with Crippen molar-refractivity contribution in [2.45, 2.75) is 32.2 Å². The first-order valence-electron chi connectivity index (χ1n) is 7.71. The largest absolute Gasteiger partial charge is 0.468 e. The van der Waals surface area contributed by atoms with E-state index in [0.717, 1.165) is 5.56 Å². The zero-order chi connectivity index (χ0) is 17.3. The van der Waals surface area contributed by atoms with Gasteiger partial charge < -0.3 is 9.84 Å². The molecule has 7 nitrogen and oxygen atoms in total. The van der Waals surface area contributed by atoms with Crippen molar-refractivity contribution in [2.75, 3.05) is 13.7 Å². The molecule has 8 heteroatoms. The smallest absolute Gasteiger partial charge is 0.323 e. The first-order chi connectivity index (χ1) is 11.5. The number of β-amino-alcohol motifs (C(OH)–C–C–N with tert-alkyl or cyclic N) is 1. The fraction of sp³-hybridized carbons (Fsp3) is 0.438. The van der Waals surface area contributed by atoms with Crippen molar-refractivity contribution in [3.8, 4) is 11.4 Å². The Morgan fingerprint density at radius 1 is 1.46 bits per heavy atom. The zero-order valence-electron chi connectivity index (χ0n) is 13.6. The van der Waals surface area contributed by atoms with Gasteiger partial charge in [0.2, 0.25) is 4.77 Å². The summed E-state index contributed by atoms with van der Waals surface area (Å²) >= 11 is 5.31. The van der Waals surface area contributed by atoms with Gasteiger partial charge in [-0.1, -0.05) is 29.8 Å². The minimum atomic E-state index is -0.553. The van der Waals surface area contributed by atoms with Crippen LogP contribution in [-0.4, -0.2) is 56.5 Å². The van der Waals surface area contributed by atoms with E-state index in [1.165, 1.54) is 12.7 Å².